The molecule has 0 aliphatic heterocycles. The normalized spacial score (nSPS) is 11.2. The van der Waals surface area contributed by atoms with Gasteiger partial charge in [-0.1, -0.05) is 27.7 Å². The summed E-state index contributed by atoms with van der Waals surface area (Å²) in [5.41, 5.74) is 2.51. The fourth-order valence-corrected chi connectivity index (χ4v) is 1.93. The maximum absolute atomic E-state index is 10.9. The summed E-state index contributed by atoms with van der Waals surface area (Å²) >= 11 is 0. The fourth-order valence-electron chi connectivity index (χ4n) is 1.93. The number of carbonyl (C=O) groups is 1. The zero-order valence-corrected chi connectivity index (χ0v) is 11.1. The van der Waals surface area contributed by atoms with Crippen LogP contribution in [0.5, 0.6) is 0 Å². The van der Waals surface area contributed by atoms with Crippen LogP contribution in [0.2, 0.25) is 0 Å². The summed E-state index contributed by atoms with van der Waals surface area (Å²) in [6.07, 6.45) is 0.00130. The summed E-state index contributed by atoms with van der Waals surface area (Å²) in [6.45, 7) is 9.95. The van der Waals surface area contributed by atoms with Crippen LogP contribution in [-0.4, -0.2) is 21.0 Å². The monoisotopic (exact) mass is 236 g/mol. The minimum Gasteiger partial charge on any atom is -0.481 e. The molecule has 0 aliphatic rings. The minimum atomic E-state index is -0.832. The molecule has 1 N–H and O–H groups in total. The Balaban J connectivity index is 3.41. The predicted octanol–water partition coefficient (Wildman–Crippen LogP) is 2.66. The van der Waals surface area contributed by atoms with E-state index in [0.717, 1.165) is 17.0 Å². The van der Waals surface area contributed by atoms with Crippen LogP contribution in [0.4, 0.5) is 0 Å². The van der Waals surface area contributed by atoms with Crippen molar-refractivity contribution in [3.8, 4) is 0 Å². The lowest BCUT2D eigenvalue weighted by Crippen LogP contribution is -2.14. The molecule has 0 unspecified atom stereocenters. The molecule has 0 fully saturated rings. The summed E-state index contributed by atoms with van der Waals surface area (Å²) in [5.74, 6) is 0.305. The smallest absolute Gasteiger partial charge is 0.307 e. The first-order valence-electron chi connectivity index (χ1n) is 5.92. The van der Waals surface area contributed by atoms with E-state index in [1.165, 1.54) is 0 Å². The van der Waals surface area contributed by atoms with Crippen molar-refractivity contribution in [2.75, 3.05) is 0 Å². The zero-order valence-electron chi connectivity index (χ0n) is 11.1. The highest BCUT2D eigenvalue weighted by Crippen LogP contribution is 2.25. The van der Waals surface area contributed by atoms with Crippen molar-refractivity contribution in [3.63, 3.8) is 0 Å². The molecule has 94 valence electrons. The zero-order chi connectivity index (χ0) is 13.2. The molecule has 0 atom stereocenters. The number of carboxylic acid groups (broad SMARTS) is 1. The molecule has 0 aromatic carbocycles. The van der Waals surface area contributed by atoms with E-state index in [1.807, 2.05) is 34.6 Å². The van der Waals surface area contributed by atoms with E-state index < -0.39 is 5.97 Å². The van der Waals surface area contributed by atoms with E-state index in [2.05, 4.69) is 9.97 Å². The van der Waals surface area contributed by atoms with Crippen LogP contribution in [0.1, 0.15) is 62.3 Å². The molecule has 1 heterocycles. The van der Waals surface area contributed by atoms with Gasteiger partial charge < -0.3 is 5.11 Å². The Hall–Kier alpha value is -1.45. The van der Waals surface area contributed by atoms with Crippen LogP contribution in [0.25, 0.3) is 0 Å². The molecule has 4 heteroatoms. The van der Waals surface area contributed by atoms with Crippen LogP contribution in [0, 0.1) is 6.92 Å². The topological polar surface area (TPSA) is 63.1 Å². The maximum atomic E-state index is 10.9. The van der Waals surface area contributed by atoms with Crippen LogP contribution in [-0.2, 0) is 11.2 Å². The average Bonchev–Trinajstić information content (AvgIpc) is 2.18. The third-order valence-electron chi connectivity index (χ3n) is 2.60. The van der Waals surface area contributed by atoms with Crippen molar-refractivity contribution >= 4 is 5.97 Å². The fraction of sp³-hybridized carbons (Fsp3) is 0.615. The van der Waals surface area contributed by atoms with Gasteiger partial charge in [-0.25, -0.2) is 9.97 Å². The van der Waals surface area contributed by atoms with Crippen LogP contribution < -0.4 is 0 Å². The third kappa shape index (κ3) is 3.25. The van der Waals surface area contributed by atoms with E-state index in [1.54, 1.807) is 0 Å². The van der Waals surface area contributed by atoms with E-state index >= 15 is 0 Å². The Labute approximate surface area is 102 Å². The Bertz CT molecular complexity index is 396. The summed E-state index contributed by atoms with van der Waals surface area (Å²) in [6, 6.07) is 0. The quantitative estimate of drug-likeness (QED) is 0.873. The first-order valence-corrected chi connectivity index (χ1v) is 5.92. The Morgan fingerprint density at radius 3 is 1.82 bits per heavy atom. The SMILES string of the molecule is Cc1nc(C(C)C)c(CC(=O)O)c(C(C)C)n1. The number of aryl methyl sites for hydroxylation is 1. The largest absolute Gasteiger partial charge is 0.481 e. The lowest BCUT2D eigenvalue weighted by molar-refractivity contribution is -0.136. The molecule has 1 aromatic rings. The van der Waals surface area contributed by atoms with Gasteiger partial charge in [0, 0.05) is 5.56 Å². The second-order valence-electron chi connectivity index (χ2n) is 4.90. The number of aliphatic carboxylic acids is 1. The second-order valence-corrected chi connectivity index (χ2v) is 4.90. The molecule has 0 amide bonds. The highest BCUT2D eigenvalue weighted by atomic mass is 16.4. The molecule has 17 heavy (non-hydrogen) atoms. The molecule has 0 saturated heterocycles. The number of nitrogens with zero attached hydrogens (tertiary/aromatic N) is 2. The Morgan fingerprint density at radius 2 is 1.53 bits per heavy atom. The molecular weight excluding hydrogens is 216 g/mol. The standard InChI is InChI=1S/C13H20N2O2/c1-7(2)12-10(6-11(16)17)13(8(3)4)15-9(5)14-12/h7-8H,6H2,1-5H3,(H,16,17). The molecule has 0 radical (unpaired) electrons. The number of rotatable bonds is 4. The van der Waals surface area contributed by atoms with Gasteiger partial charge >= 0.3 is 5.97 Å². The van der Waals surface area contributed by atoms with Crippen LogP contribution in [0.15, 0.2) is 0 Å². The van der Waals surface area contributed by atoms with Crippen molar-refractivity contribution in [3.05, 3.63) is 22.8 Å². The van der Waals surface area contributed by atoms with E-state index in [0.29, 0.717) is 5.82 Å². The lowest BCUT2D eigenvalue weighted by atomic mass is 9.95. The van der Waals surface area contributed by atoms with E-state index in [-0.39, 0.29) is 18.3 Å². The van der Waals surface area contributed by atoms with Gasteiger partial charge in [0.15, 0.2) is 0 Å². The van der Waals surface area contributed by atoms with Gasteiger partial charge in [0.1, 0.15) is 5.82 Å². The van der Waals surface area contributed by atoms with Gasteiger partial charge in [0.25, 0.3) is 0 Å². The summed E-state index contributed by atoms with van der Waals surface area (Å²) < 4.78 is 0. The first kappa shape index (κ1) is 13.6. The summed E-state index contributed by atoms with van der Waals surface area (Å²) in [7, 11) is 0. The molecule has 0 saturated carbocycles. The molecule has 0 aliphatic carbocycles. The Kier molecular flexibility index (Phi) is 4.21. The highest BCUT2D eigenvalue weighted by Gasteiger charge is 2.19. The Morgan fingerprint density at radius 1 is 1.12 bits per heavy atom. The third-order valence-corrected chi connectivity index (χ3v) is 2.60. The maximum Gasteiger partial charge on any atom is 0.307 e. The van der Waals surface area contributed by atoms with Crippen molar-refractivity contribution < 1.29 is 9.90 Å². The predicted molar refractivity (Wildman–Crippen MR) is 66.3 cm³/mol. The summed E-state index contributed by atoms with van der Waals surface area (Å²) in [4.78, 5) is 19.7. The van der Waals surface area contributed by atoms with Gasteiger partial charge in [-0.2, -0.15) is 0 Å². The molecule has 4 nitrogen and oxygen atoms in total. The van der Waals surface area contributed by atoms with Crippen molar-refractivity contribution in [2.45, 2.75) is 52.9 Å². The van der Waals surface area contributed by atoms with E-state index in [4.69, 9.17) is 5.11 Å². The van der Waals surface area contributed by atoms with Crippen molar-refractivity contribution in [1.82, 2.24) is 9.97 Å². The first-order chi connectivity index (χ1) is 7.82. The second kappa shape index (κ2) is 5.25. The molecule has 0 bridgehead atoms. The van der Waals surface area contributed by atoms with Crippen LogP contribution >= 0.6 is 0 Å². The molecular formula is C13H20N2O2. The molecule has 1 rings (SSSR count). The van der Waals surface area contributed by atoms with E-state index in [9.17, 15) is 4.79 Å². The van der Waals surface area contributed by atoms with Crippen molar-refractivity contribution in [1.29, 1.82) is 0 Å². The molecule has 0 spiro atoms. The molecule has 1 aromatic heterocycles. The average molecular weight is 236 g/mol. The number of hydrogen-bond acceptors (Lipinski definition) is 3. The minimum absolute atomic E-state index is 0.00130. The van der Waals surface area contributed by atoms with Crippen molar-refractivity contribution in [2.24, 2.45) is 0 Å². The van der Waals surface area contributed by atoms with Gasteiger partial charge in [-0.3, -0.25) is 4.79 Å². The number of carboxylic acids is 1. The summed E-state index contributed by atoms with van der Waals surface area (Å²) in [5, 5.41) is 8.99. The van der Waals surface area contributed by atoms with Gasteiger partial charge in [-0.05, 0) is 18.8 Å². The van der Waals surface area contributed by atoms with Gasteiger partial charge in [0.2, 0.25) is 0 Å². The number of aromatic nitrogens is 2. The van der Waals surface area contributed by atoms with Gasteiger partial charge in [-0.15, -0.1) is 0 Å². The van der Waals surface area contributed by atoms with Gasteiger partial charge in [0.05, 0.1) is 17.8 Å². The lowest BCUT2D eigenvalue weighted by Gasteiger charge is -2.17. The number of hydrogen-bond donors (Lipinski definition) is 1. The van der Waals surface area contributed by atoms with Crippen LogP contribution in [0.3, 0.4) is 0 Å². The highest BCUT2D eigenvalue weighted by molar-refractivity contribution is 5.71.